The van der Waals surface area contributed by atoms with Gasteiger partial charge in [-0.15, -0.1) is 0 Å². The van der Waals surface area contributed by atoms with Gasteiger partial charge in [0.1, 0.15) is 0 Å². The summed E-state index contributed by atoms with van der Waals surface area (Å²) in [6.07, 6.45) is 1.10. The molecule has 6 heteroatoms. The van der Waals surface area contributed by atoms with Gasteiger partial charge in [0.15, 0.2) is 0 Å². The average Bonchev–Trinajstić information content (AvgIpc) is 2.68. The van der Waals surface area contributed by atoms with Crippen LogP contribution in [0.25, 0.3) is 0 Å². The number of carbonyl (C=O) groups is 2. The van der Waals surface area contributed by atoms with E-state index < -0.39 is 0 Å². The zero-order valence-corrected chi connectivity index (χ0v) is 16.9. The van der Waals surface area contributed by atoms with E-state index in [9.17, 15) is 9.59 Å². The highest BCUT2D eigenvalue weighted by Gasteiger charge is 2.33. The van der Waals surface area contributed by atoms with Crippen molar-refractivity contribution in [2.45, 2.75) is 25.8 Å². The molecule has 0 saturated carbocycles. The average molecular weight is 398 g/mol. The summed E-state index contributed by atoms with van der Waals surface area (Å²) in [5.41, 5.74) is 4.14. The van der Waals surface area contributed by atoms with E-state index in [1.54, 1.807) is 6.92 Å². The zero-order valence-electron chi connectivity index (χ0n) is 16.2. The Morgan fingerprint density at radius 3 is 2.64 bits per heavy atom. The number of likely N-dealkylation sites (N-methyl/N-ethyl adjacent to an activating group) is 1. The Balaban J connectivity index is 1.65. The van der Waals surface area contributed by atoms with Crippen LogP contribution >= 0.6 is 11.6 Å². The van der Waals surface area contributed by atoms with Crippen molar-refractivity contribution in [3.8, 4) is 0 Å². The van der Waals surface area contributed by atoms with Gasteiger partial charge >= 0.3 is 0 Å². The van der Waals surface area contributed by atoms with Gasteiger partial charge in [-0.25, -0.2) is 0 Å². The molecule has 2 aromatic carbocycles. The van der Waals surface area contributed by atoms with Crippen molar-refractivity contribution < 1.29 is 9.59 Å². The van der Waals surface area contributed by atoms with Crippen molar-refractivity contribution in [2.75, 3.05) is 36.5 Å². The Hall–Kier alpha value is -2.53. The van der Waals surface area contributed by atoms with E-state index in [4.69, 9.17) is 11.6 Å². The molecule has 146 valence electrons. The van der Waals surface area contributed by atoms with Crippen LogP contribution in [0.15, 0.2) is 42.5 Å². The Bertz CT molecular complexity index is 930. The SMILES string of the molecule is CC(=O)N1CCc2ccccc2[C@H]1CC(=O)N1CCN(C)c2ccc(Cl)cc21. The monoisotopic (exact) mass is 397 g/mol. The molecule has 28 heavy (non-hydrogen) atoms. The normalized spacial score (nSPS) is 18.5. The Morgan fingerprint density at radius 2 is 1.86 bits per heavy atom. The number of rotatable bonds is 2. The Morgan fingerprint density at radius 1 is 1.07 bits per heavy atom. The van der Waals surface area contributed by atoms with Crippen molar-refractivity contribution in [1.82, 2.24) is 4.90 Å². The highest BCUT2D eigenvalue weighted by atomic mass is 35.5. The molecule has 2 aromatic rings. The summed E-state index contributed by atoms with van der Waals surface area (Å²) in [6.45, 7) is 3.60. The second kappa shape index (κ2) is 7.47. The maximum absolute atomic E-state index is 13.4. The van der Waals surface area contributed by atoms with Crippen LogP contribution in [0.5, 0.6) is 0 Å². The molecular weight excluding hydrogens is 374 g/mol. The smallest absolute Gasteiger partial charge is 0.229 e. The van der Waals surface area contributed by atoms with Gasteiger partial charge in [0.25, 0.3) is 0 Å². The van der Waals surface area contributed by atoms with Crippen molar-refractivity contribution in [3.05, 3.63) is 58.6 Å². The van der Waals surface area contributed by atoms with Gasteiger partial charge in [-0.3, -0.25) is 9.59 Å². The van der Waals surface area contributed by atoms with E-state index in [0.29, 0.717) is 18.1 Å². The quantitative estimate of drug-likeness (QED) is 0.776. The number of amides is 2. The van der Waals surface area contributed by atoms with Gasteiger partial charge in [0, 0.05) is 38.6 Å². The molecule has 2 heterocycles. The van der Waals surface area contributed by atoms with Crippen LogP contribution in [-0.4, -0.2) is 43.4 Å². The first kappa shape index (κ1) is 18.8. The van der Waals surface area contributed by atoms with E-state index >= 15 is 0 Å². The lowest BCUT2D eigenvalue weighted by Gasteiger charge is -2.39. The third kappa shape index (κ3) is 3.35. The second-order valence-electron chi connectivity index (χ2n) is 7.48. The Labute approximate surface area is 170 Å². The van der Waals surface area contributed by atoms with Crippen molar-refractivity contribution in [3.63, 3.8) is 0 Å². The molecule has 0 bridgehead atoms. The first-order chi connectivity index (χ1) is 13.5. The van der Waals surface area contributed by atoms with Crippen LogP contribution in [0, 0.1) is 0 Å². The number of benzene rings is 2. The fourth-order valence-electron chi connectivity index (χ4n) is 4.31. The summed E-state index contributed by atoms with van der Waals surface area (Å²) < 4.78 is 0. The summed E-state index contributed by atoms with van der Waals surface area (Å²) in [4.78, 5) is 31.4. The highest BCUT2D eigenvalue weighted by Crippen LogP contribution is 2.37. The summed E-state index contributed by atoms with van der Waals surface area (Å²) in [5, 5.41) is 0.611. The van der Waals surface area contributed by atoms with E-state index in [1.165, 1.54) is 5.56 Å². The summed E-state index contributed by atoms with van der Waals surface area (Å²) in [7, 11) is 2.02. The molecule has 0 aromatic heterocycles. The minimum Gasteiger partial charge on any atom is -0.371 e. The lowest BCUT2D eigenvalue weighted by Crippen LogP contribution is -2.45. The van der Waals surface area contributed by atoms with E-state index in [2.05, 4.69) is 11.0 Å². The number of hydrogen-bond donors (Lipinski definition) is 0. The zero-order chi connectivity index (χ0) is 19.8. The van der Waals surface area contributed by atoms with Crippen molar-refractivity contribution in [1.29, 1.82) is 0 Å². The van der Waals surface area contributed by atoms with Crippen LogP contribution in [0.2, 0.25) is 5.02 Å². The van der Waals surface area contributed by atoms with Crippen molar-refractivity contribution >= 4 is 34.8 Å². The van der Waals surface area contributed by atoms with E-state index in [0.717, 1.165) is 29.9 Å². The number of anilines is 2. The maximum atomic E-state index is 13.4. The third-order valence-corrected chi connectivity index (χ3v) is 6.02. The molecule has 0 radical (unpaired) electrons. The summed E-state index contributed by atoms with van der Waals surface area (Å²) in [6, 6.07) is 13.5. The van der Waals surface area contributed by atoms with Crippen LogP contribution in [0.4, 0.5) is 11.4 Å². The summed E-state index contributed by atoms with van der Waals surface area (Å²) >= 11 is 6.21. The highest BCUT2D eigenvalue weighted by molar-refractivity contribution is 6.31. The third-order valence-electron chi connectivity index (χ3n) is 5.78. The largest absolute Gasteiger partial charge is 0.371 e. The fourth-order valence-corrected chi connectivity index (χ4v) is 4.48. The molecule has 0 aliphatic carbocycles. The number of carbonyl (C=O) groups excluding carboxylic acids is 2. The first-order valence-corrected chi connectivity index (χ1v) is 9.99. The predicted molar refractivity (Wildman–Crippen MR) is 112 cm³/mol. The minimum atomic E-state index is -0.225. The molecule has 0 unspecified atom stereocenters. The molecule has 2 aliphatic rings. The number of fused-ring (bicyclic) bond motifs is 2. The number of nitrogens with zero attached hydrogens (tertiary/aromatic N) is 3. The number of hydrogen-bond acceptors (Lipinski definition) is 3. The lowest BCUT2D eigenvalue weighted by molar-refractivity contribution is -0.133. The summed E-state index contributed by atoms with van der Waals surface area (Å²) in [5.74, 6) is 0.0266. The van der Waals surface area contributed by atoms with E-state index in [1.807, 2.05) is 53.2 Å². The minimum absolute atomic E-state index is 0.00845. The first-order valence-electron chi connectivity index (χ1n) is 9.62. The molecule has 5 nitrogen and oxygen atoms in total. The topological polar surface area (TPSA) is 43.9 Å². The fraction of sp³-hybridized carbons (Fsp3) is 0.364. The molecule has 4 rings (SSSR count). The standard InChI is InChI=1S/C22H24ClN3O2/c1-15(27)25-10-9-16-5-3-4-6-18(16)20(25)14-22(28)26-12-11-24(2)19-8-7-17(23)13-21(19)26/h3-8,13,20H,9-12,14H2,1-2H3/t20-/m1/s1. The lowest BCUT2D eigenvalue weighted by atomic mass is 9.90. The van der Waals surface area contributed by atoms with Crippen molar-refractivity contribution in [2.24, 2.45) is 0 Å². The van der Waals surface area contributed by atoms with Crippen LogP contribution < -0.4 is 9.80 Å². The van der Waals surface area contributed by atoms with Crippen LogP contribution in [0.1, 0.15) is 30.5 Å². The van der Waals surface area contributed by atoms with Gasteiger partial charge < -0.3 is 14.7 Å². The predicted octanol–water partition coefficient (Wildman–Crippen LogP) is 3.66. The second-order valence-corrected chi connectivity index (χ2v) is 7.92. The van der Waals surface area contributed by atoms with Gasteiger partial charge in [0.05, 0.1) is 23.8 Å². The number of halogens is 1. The molecule has 2 amide bonds. The van der Waals surface area contributed by atoms with Gasteiger partial charge in [-0.05, 0) is 35.7 Å². The molecule has 1 atom stereocenters. The molecular formula is C22H24ClN3O2. The Kier molecular flexibility index (Phi) is 5.02. The molecule has 0 N–H and O–H groups in total. The van der Waals surface area contributed by atoms with E-state index in [-0.39, 0.29) is 24.3 Å². The van der Waals surface area contributed by atoms with Gasteiger partial charge in [-0.1, -0.05) is 35.9 Å². The molecule has 0 spiro atoms. The maximum Gasteiger partial charge on any atom is 0.229 e. The van der Waals surface area contributed by atoms with Gasteiger partial charge in [-0.2, -0.15) is 0 Å². The van der Waals surface area contributed by atoms with Crippen LogP contribution in [-0.2, 0) is 16.0 Å². The molecule has 0 saturated heterocycles. The molecule has 0 fully saturated rings. The van der Waals surface area contributed by atoms with Crippen LogP contribution in [0.3, 0.4) is 0 Å². The van der Waals surface area contributed by atoms with Gasteiger partial charge in [0.2, 0.25) is 11.8 Å². The molecule has 2 aliphatic heterocycles.